The number of hydrogen-bond donors (Lipinski definition) is 1. The summed E-state index contributed by atoms with van der Waals surface area (Å²) in [6.07, 6.45) is 8.57. The van der Waals surface area contributed by atoms with Gasteiger partial charge in [-0.25, -0.2) is 4.98 Å². The molecule has 0 atom stereocenters. The standard InChI is InChI=1S/C21H21N3O3/c1-26-19-9-5-17(20(13-19)27-2)6-10-21(25)23-14-16-3-7-18(8-4-16)24-12-11-22-15-24/h3-13,15H,14H2,1-2H3,(H,23,25)/b10-6+. The Morgan fingerprint density at radius 1 is 1.15 bits per heavy atom. The first-order valence-corrected chi connectivity index (χ1v) is 8.45. The van der Waals surface area contributed by atoms with Crippen LogP contribution in [0, 0.1) is 0 Å². The highest BCUT2D eigenvalue weighted by Gasteiger charge is 2.03. The third-order valence-electron chi connectivity index (χ3n) is 4.06. The minimum absolute atomic E-state index is 0.174. The molecule has 0 bridgehead atoms. The highest BCUT2D eigenvalue weighted by molar-refractivity contribution is 5.92. The molecular weight excluding hydrogens is 342 g/mol. The van der Waals surface area contributed by atoms with Gasteiger partial charge in [-0.1, -0.05) is 12.1 Å². The number of carbonyl (C=O) groups excluding carboxylic acids is 1. The second-order valence-corrected chi connectivity index (χ2v) is 5.80. The van der Waals surface area contributed by atoms with Gasteiger partial charge >= 0.3 is 0 Å². The monoisotopic (exact) mass is 363 g/mol. The van der Waals surface area contributed by atoms with Crippen LogP contribution < -0.4 is 14.8 Å². The Balaban J connectivity index is 1.57. The maximum Gasteiger partial charge on any atom is 0.244 e. The zero-order chi connectivity index (χ0) is 19.1. The second kappa shape index (κ2) is 8.71. The van der Waals surface area contributed by atoms with Crippen molar-refractivity contribution in [2.24, 2.45) is 0 Å². The molecule has 0 fully saturated rings. The lowest BCUT2D eigenvalue weighted by Gasteiger charge is -2.07. The number of rotatable bonds is 7. The first kappa shape index (κ1) is 18.3. The van der Waals surface area contributed by atoms with E-state index in [-0.39, 0.29) is 5.91 Å². The summed E-state index contributed by atoms with van der Waals surface area (Å²) < 4.78 is 12.4. The quantitative estimate of drug-likeness (QED) is 0.655. The van der Waals surface area contributed by atoms with Gasteiger partial charge in [-0.3, -0.25) is 4.79 Å². The first-order chi connectivity index (χ1) is 13.2. The molecule has 3 rings (SSSR count). The number of benzene rings is 2. The van der Waals surface area contributed by atoms with Crippen LogP contribution in [-0.2, 0) is 11.3 Å². The predicted molar refractivity (Wildman–Crippen MR) is 104 cm³/mol. The number of amides is 1. The van der Waals surface area contributed by atoms with Crippen molar-refractivity contribution in [2.75, 3.05) is 14.2 Å². The molecule has 2 aromatic carbocycles. The molecule has 0 saturated carbocycles. The van der Waals surface area contributed by atoms with Crippen molar-refractivity contribution in [1.29, 1.82) is 0 Å². The van der Waals surface area contributed by atoms with Crippen molar-refractivity contribution in [2.45, 2.75) is 6.54 Å². The molecular formula is C21H21N3O3. The smallest absolute Gasteiger partial charge is 0.244 e. The predicted octanol–water partition coefficient (Wildman–Crippen LogP) is 3.22. The largest absolute Gasteiger partial charge is 0.497 e. The Kier molecular flexibility index (Phi) is 5.89. The molecule has 3 aromatic rings. The molecule has 1 amide bonds. The van der Waals surface area contributed by atoms with E-state index in [0.717, 1.165) is 16.8 Å². The summed E-state index contributed by atoms with van der Waals surface area (Å²) in [5.74, 6) is 1.17. The Bertz CT molecular complexity index is 916. The molecule has 0 aliphatic heterocycles. The van der Waals surface area contributed by atoms with Gasteiger partial charge in [0.2, 0.25) is 5.91 Å². The highest BCUT2D eigenvalue weighted by Crippen LogP contribution is 2.25. The van der Waals surface area contributed by atoms with Crippen LogP contribution in [0.25, 0.3) is 11.8 Å². The first-order valence-electron chi connectivity index (χ1n) is 8.45. The summed E-state index contributed by atoms with van der Waals surface area (Å²) >= 11 is 0. The lowest BCUT2D eigenvalue weighted by atomic mass is 10.1. The van der Waals surface area contributed by atoms with E-state index in [2.05, 4.69) is 10.3 Å². The van der Waals surface area contributed by atoms with Gasteiger partial charge in [0.05, 0.1) is 20.5 Å². The van der Waals surface area contributed by atoms with E-state index in [1.807, 2.05) is 47.2 Å². The van der Waals surface area contributed by atoms with Crippen LogP contribution in [0.4, 0.5) is 0 Å². The molecule has 0 spiro atoms. The number of hydrogen-bond acceptors (Lipinski definition) is 4. The van der Waals surface area contributed by atoms with Crippen molar-refractivity contribution in [1.82, 2.24) is 14.9 Å². The van der Waals surface area contributed by atoms with Gasteiger partial charge in [-0.15, -0.1) is 0 Å². The van der Waals surface area contributed by atoms with Crippen LogP contribution in [0.3, 0.4) is 0 Å². The number of nitrogens with zero attached hydrogens (tertiary/aromatic N) is 2. The summed E-state index contributed by atoms with van der Waals surface area (Å²) in [5, 5.41) is 2.87. The van der Waals surface area contributed by atoms with Gasteiger partial charge in [0.15, 0.2) is 0 Å². The molecule has 0 saturated heterocycles. The number of carbonyl (C=O) groups is 1. The minimum atomic E-state index is -0.174. The molecule has 1 aromatic heterocycles. The molecule has 6 heteroatoms. The van der Waals surface area contributed by atoms with Crippen LogP contribution in [0.1, 0.15) is 11.1 Å². The maximum atomic E-state index is 12.1. The Hall–Kier alpha value is -3.54. The molecule has 138 valence electrons. The van der Waals surface area contributed by atoms with Gasteiger partial charge < -0.3 is 19.4 Å². The molecule has 6 nitrogen and oxygen atoms in total. The maximum absolute atomic E-state index is 12.1. The third kappa shape index (κ3) is 4.76. The fourth-order valence-electron chi connectivity index (χ4n) is 2.57. The lowest BCUT2D eigenvalue weighted by Crippen LogP contribution is -2.20. The summed E-state index contributed by atoms with van der Waals surface area (Å²) in [6, 6.07) is 13.4. The van der Waals surface area contributed by atoms with Crippen LogP contribution in [0.2, 0.25) is 0 Å². The SMILES string of the molecule is COc1ccc(/C=C/C(=O)NCc2ccc(-n3ccnc3)cc2)c(OC)c1. The molecule has 0 unspecified atom stereocenters. The average Bonchev–Trinajstić information content (AvgIpc) is 3.25. The number of aromatic nitrogens is 2. The van der Waals surface area contributed by atoms with Gasteiger partial charge in [-0.05, 0) is 35.9 Å². The highest BCUT2D eigenvalue weighted by atomic mass is 16.5. The molecule has 1 heterocycles. The topological polar surface area (TPSA) is 65.4 Å². The van der Waals surface area contributed by atoms with Crippen LogP contribution in [-0.4, -0.2) is 29.7 Å². The van der Waals surface area contributed by atoms with Crippen molar-refractivity contribution in [3.8, 4) is 17.2 Å². The van der Waals surface area contributed by atoms with E-state index in [4.69, 9.17) is 9.47 Å². The zero-order valence-corrected chi connectivity index (χ0v) is 15.3. The number of methoxy groups -OCH3 is 2. The van der Waals surface area contributed by atoms with Gasteiger partial charge in [0.1, 0.15) is 11.5 Å². The van der Waals surface area contributed by atoms with E-state index in [1.165, 1.54) is 6.08 Å². The Morgan fingerprint density at radius 2 is 1.96 bits per heavy atom. The minimum Gasteiger partial charge on any atom is -0.497 e. The zero-order valence-electron chi connectivity index (χ0n) is 15.3. The second-order valence-electron chi connectivity index (χ2n) is 5.80. The van der Waals surface area contributed by atoms with Gasteiger partial charge in [0.25, 0.3) is 0 Å². The van der Waals surface area contributed by atoms with Crippen molar-refractivity contribution < 1.29 is 14.3 Å². The fraction of sp³-hybridized carbons (Fsp3) is 0.143. The van der Waals surface area contributed by atoms with Crippen molar-refractivity contribution in [3.05, 3.63) is 78.4 Å². The summed E-state index contributed by atoms with van der Waals surface area (Å²) in [5.41, 5.74) is 2.84. The van der Waals surface area contributed by atoms with Gasteiger partial charge in [0, 0.05) is 42.3 Å². The Labute approximate surface area is 158 Å². The summed E-state index contributed by atoms with van der Waals surface area (Å²) in [7, 11) is 3.18. The van der Waals surface area contributed by atoms with E-state index >= 15 is 0 Å². The third-order valence-corrected chi connectivity index (χ3v) is 4.06. The number of nitrogens with one attached hydrogen (secondary N) is 1. The van der Waals surface area contributed by atoms with E-state index < -0.39 is 0 Å². The summed E-state index contributed by atoms with van der Waals surface area (Å²) in [6.45, 7) is 0.452. The molecule has 0 aliphatic carbocycles. The average molecular weight is 363 g/mol. The Morgan fingerprint density at radius 3 is 2.63 bits per heavy atom. The molecule has 0 radical (unpaired) electrons. The van der Waals surface area contributed by atoms with Crippen LogP contribution in [0.5, 0.6) is 11.5 Å². The normalized spacial score (nSPS) is 10.7. The molecule has 27 heavy (non-hydrogen) atoms. The molecule has 0 aliphatic rings. The van der Waals surface area contributed by atoms with E-state index in [1.54, 1.807) is 38.9 Å². The van der Waals surface area contributed by atoms with Crippen LogP contribution in [0.15, 0.2) is 67.3 Å². The van der Waals surface area contributed by atoms with E-state index in [9.17, 15) is 4.79 Å². The number of imidazole rings is 1. The fourth-order valence-corrected chi connectivity index (χ4v) is 2.57. The van der Waals surface area contributed by atoms with Crippen molar-refractivity contribution >= 4 is 12.0 Å². The van der Waals surface area contributed by atoms with E-state index in [0.29, 0.717) is 18.0 Å². The lowest BCUT2D eigenvalue weighted by molar-refractivity contribution is -0.116. The van der Waals surface area contributed by atoms with Crippen molar-refractivity contribution in [3.63, 3.8) is 0 Å². The number of ether oxygens (including phenoxy) is 2. The van der Waals surface area contributed by atoms with Crippen LogP contribution >= 0.6 is 0 Å². The summed E-state index contributed by atoms with van der Waals surface area (Å²) in [4.78, 5) is 16.1. The van der Waals surface area contributed by atoms with Gasteiger partial charge in [-0.2, -0.15) is 0 Å². The molecule has 1 N–H and O–H groups in total.